The van der Waals surface area contributed by atoms with E-state index in [0.29, 0.717) is 18.8 Å². The van der Waals surface area contributed by atoms with E-state index >= 15 is 0 Å². The summed E-state index contributed by atoms with van der Waals surface area (Å²) in [4.78, 5) is 14.5. The Kier molecular flexibility index (Phi) is 3.16. The normalized spacial score (nSPS) is 18.3. The molecule has 2 rings (SSSR count). The molecule has 0 unspecified atom stereocenters. The Morgan fingerprint density at radius 3 is 2.76 bits per heavy atom. The molecule has 3 nitrogen and oxygen atoms in total. The van der Waals surface area contributed by atoms with E-state index in [1.165, 1.54) is 11.5 Å². The van der Waals surface area contributed by atoms with Gasteiger partial charge in [-0.1, -0.05) is 6.92 Å². The third kappa shape index (κ3) is 2.62. The second kappa shape index (κ2) is 4.33. The molecule has 1 amide bonds. The molecular formula is C11H14F2N2OS. The van der Waals surface area contributed by atoms with Gasteiger partial charge in [0.15, 0.2) is 0 Å². The maximum absolute atomic E-state index is 12.3. The first kappa shape index (κ1) is 12.4. The van der Waals surface area contributed by atoms with Gasteiger partial charge in [-0.3, -0.25) is 4.79 Å². The van der Waals surface area contributed by atoms with Crippen LogP contribution in [0.2, 0.25) is 0 Å². The molecule has 1 aliphatic heterocycles. The maximum atomic E-state index is 12.3. The summed E-state index contributed by atoms with van der Waals surface area (Å²) in [6.45, 7) is 4.46. The van der Waals surface area contributed by atoms with Gasteiger partial charge in [-0.05, 0) is 24.5 Å². The van der Waals surface area contributed by atoms with Crippen molar-refractivity contribution in [2.24, 2.45) is 5.41 Å². The summed E-state index contributed by atoms with van der Waals surface area (Å²) < 4.78 is 28.6. The van der Waals surface area contributed by atoms with Gasteiger partial charge in [0.25, 0.3) is 5.91 Å². The number of halogens is 2. The number of aryl methyl sites for hydroxylation is 1. The van der Waals surface area contributed by atoms with Crippen molar-refractivity contribution in [2.75, 3.05) is 13.1 Å². The van der Waals surface area contributed by atoms with Crippen molar-refractivity contribution < 1.29 is 13.6 Å². The molecular weight excluding hydrogens is 246 g/mol. The second-order valence-electron chi connectivity index (χ2n) is 4.89. The lowest BCUT2D eigenvalue weighted by Crippen LogP contribution is -2.57. The number of hydrogen-bond acceptors (Lipinski definition) is 3. The second-order valence-corrected chi connectivity index (χ2v) is 5.90. The molecule has 0 atom stereocenters. The first-order chi connectivity index (χ1) is 7.89. The van der Waals surface area contributed by atoms with Gasteiger partial charge in [0.2, 0.25) is 6.43 Å². The summed E-state index contributed by atoms with van der Waals surface area (Å²) in [6.07, 6.45) is -2.45. The van der Waals surface area contributed by atoms with Crippen molar-refractivity contribution in [3.63, 3.8) is 0 Å². The third-order valence-corrected chi connectivity index (χ3v) is 3.62. The lowest BCUT2D eigenvalue weighted by atomic mass is 9.79. The number of amides is 1. The lowest BCUT2D eigenvalue weighted by molar-refractivity contribution is -0.0221. The predicted molar refractivity (Wildman–Crippen MR) is 61.5 cm³/mol. The fraction of sp³-hybridized carbons (Fsp3) is 0.636. The molecule has 6 heteroatoms. The number of carbonyl (C=O) groups excluding carboxylic acids is 1. The van der Waals surface area contributed by atoms with E-state index in [0.717, 1.165) is 4.88 Å². The lowest BCUT2D eigenvalue weighted by Gasteiger charge is -2.47. The van der Waals surface area contributed by atoms with Crippen molar-refractivity contribution in [1.82, 2.24) is 9.27 Å². The van der Waals surface area contributed by atoms with Crippen LogP contribution >= 0.6 is 11.5 Å². The van der Waals surface area contributed by atoms with Crippen LogP contribution in [0.3, 0.4) is 0 Å². The standard InChI is InChI=1S/C11H14F2N2OS/c1-7-3-8(14-17-7)10(16)15-5-11(2,6-15)4-9(12)13/h3,9H,4-6H2,1-2H3. The molecule has 1 aromatic heterocycles. The van der Waals surface area contributed by atoms with E-state index in [-0.39, 0.29) is 12.3 Å². The van der Waals surface area contributed by atoms with Crippen LogP contribution in [0.4, 0.5) is 8.78 Å². The zero-order chi connectivity index (χ0) is 12.6. The van der Waals surface area contributed by atoms with Crippen molar-refractivity contribution in [2.45, 2.75) is 26.7 Å². The SMILES string of the molecule is Cc1cc(C(=O)N2CC(C)(CC(F)F)C2)ns1. The smallest absolute Gasteiger partial charge is 0.273 e. The number of hydrogen-bond donors (Lipinski definition) is 0. The molecule has 1 fully saturated rings. The van der Waals surface area contributed by atoms with E-state index in [9.17, 15) is 13.6 Å². The first-order valence-corrected chi connectivity index (χ1v) is 6.18. The van der Waals surface area contributed by atoms with Gasteiger partial charge >= 0.3 is 0 Å². The largest absolute Gasteiger partial charge is 0.336 e. The molecule has 1 aliphatic rings. The number of carbonyl (C=O) groups is 1. The highest BCUT2D eigenvalue weighted by Crippen LogP contribution is 2.36. The Hall–Kier alpha value is -1.04. The van der Waals surface area contributed by atoms with E-state index in [2.05, 4.69) is 4.37 Å². The average molecular weight is 260 g/mol. The fourth-order valence-electron chi connectivity index (χ4n) is 2.15. The molecule has 0 spiro atoms. The molecule has 0 bridgehead atoms. The Labute approximate surface area is 103 Å². The van der Waals surface area contributed by atoms with Gasteiger partial charge in [0.1, 0.15) is 5.69 Å². The van der Waals surface area contributed by atoms with Crippen molar-refractivity contribution >= 4 is 17.4 Å². The molecule has 17 heavy (non-hydrogen) atoms. The number of rotatable bonds is 3. The fourth-order valence-corrected chi connectivity index (χ4v) is 2.69. The van der Waals surface area contributed by atoms with Crippen LogP contribution < -0.4 is 0 Å². The molecule has 0 aliphatic carbocycles. The summed E-state index contributed by atoms with van der Waals surface area (Å²) in [7, 11) is 0. The summed E-state index contributed by atoms with van der Waals surface area (Å²) in [5.41, 5.74) is -0.0128. The zero-order valence-electron chi connectivity index (χ0n) is 9.74. The Morgan fingerprint density at radius 2 is 2.29 bits per heavy atom. The molecule has 2 heterocycles. The number of nitrogens with zero attached hydrogens (tertiary/aromatic N) is 2. The minimum absolute atomic E-state index is 0.146. The Morgan fingerprint density at radius 1 is 1.65 bits per heavy atom. The topological polar surface area (TPSA) is 33.2 Å². The Balaban J connectivity index is 1.93. The van der Waals surface area contributed by atoms with Gasteiger partial charge in [-0.15, -0.1) is 0 Å². The van der Waals surface area contributed by atoms with E-state index in [1.54, 1.807) is 17.9 Å². The van der Waals surface area contributed by atoms with E-state index < -0.39 is 11.8 Å². The van der Waals surface area contributed by atoms with Crippen LogP contribution in [-0.2, 0) is 0 Å². The third-order valence-electron chi connectivity index (χ3n) is 2.93. The minimum Gasteiger partial charge on any atom is -0.336 e. The molecule has 1 saturated heterocycles. The first-order valence-electron chi connectivity index (χ1n) is 5.40. The molecule has 1 aromatic rings. The number of aromatic nitrogens is 1. The Bertz CT molecular complexity index is 427. The van der Waals surface area contributed by atoms with Crippen molar-refractivity contribution in [1.29, 1.82) is 0 Å². The summed E-state index contributed by atoms with van der Waals surface area (Å²) in [5, 5.41) is 0. The van der Waals surface area contributed by atoms with Gasteiger partial charge < -0.3 is 4.90 Å². The van der Waals surface area contributed by atoms with E-state index in [1.807, 2.05) is 6.92 Å². The van der Waals surface area contributed by atoms with Crippen LogP contribution in [0.5, 0.6) is 0 Å². The summed E-state index contributed by atoms with van der Waals surface area (Å²) >= 11 is 1.28. The monoisotopic (exact) mass is 260 g/mol. The predicted octanol–water partition coefficient (Wildman–Crippen LogP) is 2.57. The zero-order valence-corrected chi connectivity index (χ0v) is 10.6. The van der Waals surface area contributed by atoms with Crippen LogP contribution in [0.1, 0.15) is 28.7 Å². The quantitative estimate of drug-likeness (QED) is 0.837. The molecule has 94 valence electrons. The highest BCUT2D eigenvalue weighted by molar-refractivity contribution is 7.05. The number of likely N-dealkylation sites (tertiary alicyclic amines) is 1. The summed E-state index contributed by atoms with van der Waals surface area (Å²) in [5.74, 6) is -0.152. The molecule has 0 saturated carbocycles. The van der Waals surface area contributed by atoms with Gasteiger partial charge in [0, 0.05) is 29.8 Å². The van der Waals surface area contributed by atoms with Crippen LogP contribution in [0.25, 0.3) is 0 Å². The van der Waals surface area contributed by atoms with Crippen LogP contribution in [0.15, 0.2) is 6.07 Å². The van der Waals surface area contributed by atoms with Gasteiger partial charge in [-0.25, -0.2) is 8.78 Å². The van der Waals surface area contributed by atoms with Crippen molar-refractivity contribution in [3.05, 3.63) is 16.6 Å². The highest BCUT2D eigenvalue weighted by atomic mass is 32.1. The minimum atomic E-state index is -2.31. The van der Waals surface area contributed by atoms with E-state index in [4.69, 9.17) is 0 Å². The van der Waals surface area contributed by atoms with Gasteiger partial charge in [-0.2, -0.15) is 4.37 Å². The molecule has 0 N–H and O–H groups in total. The van der Waals surface area contributed by atoms with Gasteiger partial charge in [0.05, 0.1) is 0 Å². The summed E-state index contributed by atoms with van der Waals surface area (Å²) in [6, 6.07) is 1.73. The number of alkyl halides is 2. The van der Waals surface area contributed by atoms with Crippen LogP contribution in [0, 0.1) is 12.3 Å². The maximum Gasteiger partial charge on any atom is 0.273 e. The molecule has 0 radical (unpaired) electrons. The highest BCUT2D eigenvalue weighted by Gasteiger charge is 2.43. The molecule has 0 aromatic carbocycles. The average Bonchev–Trinajstić information content (AvgIpc) is 2.59. The van der Waals surface area contributed by atoms with Crippen molar-refractivity contribution in [3.8, 4) is 0 Å². The van der Waals surface area contributed by atoms with Crippen LogP contribution in [-0.4, -0.2) is 34.7 Å².